The highest BCUT2D eigenvalue weighted by atomic mass is 127. The van der Waals surface area contributed by atoms with Gasteiger partial charge in [-0.25, -0.2) is 8.42 Å². The van der Waals surface area contributed by atoms with Crippen LogP contribution in [-0.4, -0.2) is 52.2 Å². The molecule has 0 saturated heterocycles. The predicted octanol–water partition coefficient (Wildman–Crippen LogP) is 2.50. The summed E-state index contributed by atoms with van der Waals surface area (Å²) in [5, 5.41) is 22.5. The molecule has 0 unspecified atom stereocenters. The Morgan fingerprint density at radius 1 is 1.21 bits per heavy atom. The van der Waals surface area contributed by atoms with E-state index in [0.717, 1.165) is 25.3 Å². The van der Waals surface area contributed by atoms with Gasteiger partial charge in [0.2, 0.25) is 0 Å². The van der Waals surface area contributed by atoms with Crippen molar-refractivity contribution in [3.8, 4) is 0 Å². The van der Waals surface area contributed by atoms with Crippen LogP contribution in [0.3, 0.4) is 0 Å². The van der Waals surface area contributed by atoms with Crippen LogP contribution in [0.1, 0.15) is 4.88 Å². The highest BCUT2D eigenvalue weighted by molar-refractivity contribution is 14.0. The van der Waals surface area contributed by atoms with Crippen molar-refractivity contribution in [1.82, 2.24) is 10.6 Å². The molecule has 0 atom stereocenters. The normalized spacial score (nSPS) is 11.4. The van der Waals surface area contributed by atoms with E-state index < -0.39 is 14.8 Å². The fourth-order valence-electron chi connectivity index (χ4n) is 2.40. The Balaban J connectivity index is 0.00000420. The molecule has 12 heteroatoms. The third kappa shape index (κ3) is 8.14. The van der Waals surface area contributed by atoms with Gasteiger partial charge in [0.15, 0.2) is 15.8 Å². The smallest absolute Gasteiger partial charge is 0.293 e. The molecule has 9 nitrogen and oxygen atoms in total. The van der Waals surface area contributed by atoms with E-state index >= 15 is 0 Å². The Labute approximate surface area is 191 Å². The second-order valence-electron chi connectivity index (χ2n) is 5.89. The van der Waals surface area contributed by atoms with Crippen LogP contribution in [0.5, 0.6) is 0 Å². The van der Waals surface area contributed by atoms with Crippen LogP contribution in [0.25, 0.3) is 0 Å². The van der Waals surface area contributed by atoms with Gasteiger partial charge >= 0.3 is 0 Å². The molecule has 1 aromatic carbocycles. The zero-order chi connectivity index (χ0) is 20.6. The second-order valence-corrected chi connectivity index (χ2v) is 8.94. The number of rotatable bonds is 9. The van der Waals surface area contributed by atoms with E-state index in [4.69, 9.17) is 0 Å². The van der Waals surface area contributed by atoms with E-state index in [1.54, 1.807) is 18.4 Å². The van der Waals surface area contributed by atoms with Crippen LogP contribution in [0.2, 0.25) is 0 Å². The minimum absolute atomic E-state index is 0. The van der Waals surface area contributed by atoms with E-state index in [0.29, 0.717) is 19.0 Å². The van der Waals surface area contributed by atoms with E-state index in [2.05, 4.69) is 27.0 Å². The molecule has 0 aliphatic heterocycles. The second kappa shape index (κ2) is 11.9. The molecule has 0 fully saturated rings. The van der Waals surface area contributed by atoms with Gasteiger partial charge < -0.3 is 16.0 Å². The van der Waals surface area contributed by atoms with Crippen molar-refractivity contribution in [2.45, 2.75) is 11.3 Å². The molecule has 29 heavy (non-hydrogen) atoms. The highest BCUT2D eigenvalue weighted by Gasteiger charge is 2.18. The summed E-state index contributed by atoms with van der Waals surface area (Å²) in [4.78, 5) is 16.0. The van der Waals surface area contributed by atoms with Crippen LogP contribution >= 0.6 is 35.3 Å². The molecule has 0 spiro atoms. The minimum Gasteiger partial charge on any atom is -0.378 e. The Morgan fingerprint density at radius 3 is 2.52 bits per heavy atom. The van der Waals surface area contributed by atoms with Gasteiger partial charge in [0, 0.05) is 43.9 Å². The summed E-state index contributed by atoms with van der Waals surface area (Å²) in [5.41, 5.74) is -0.0128. The standard InChI is InChI=1S/C17H23N5O4S2.HI/c1-18-17(20-8-7-13-4-3-11-27-13)21-10-9-19-15-6-5-14(28(2,25)26)12-16(15)22(23)24;/h3-6,11-12,19H,7-10H2,1-2H3,(H2,18,20,21);1H. The third-order valence-electron chi connectivity index (χ3n) is 3.79. The summed E-state index contributed by atoms with van der Waals surface area (Å²) in [6.45, 7) is 1.61. The summed E-state index contributed by atoms with van der Waals surface area (Å²) in [6.07, 6.45) is 1.91. The van der Waals surface area contributed by atoms with Crippen molar-refractivity contribution in [3.63, 3.8) is 0 Å². The van der Waals surface area contributed by atoms with Gasteiger partial charge in [0.25, 0.3) is 5.69 Å². The number of thiophene rings is 1. The topological polar surface area (TPSA) is 126 Å². The Bertz CT molecular complexity index is 933. The summed E-state index contributed by atoms with van der Waals surface area (Å²) in [5.74, 6) is 0.639. The van der Waals surface area contributed by atoms with Crippen molar-refractivity contribution in [2.24, 2.45) is 4.99 Å². The summed E-state index contributed by atoms with van der Waals surface area (Å²) in [6, 6.07) is 7.91. The molecule has 2 aromatic rings. The maximum absolute atomic E-state index is 11.6. The number of hydrogen-bond donors (Lipinski definition) is 3. The van der Waals surface area contributed by atoms with Crippen molar-refractivity contribution < 1.29 is 13.3 Å². The van der Waals surface area contributed by atoms with Crippen LogP contribution in [-0.2, 0) is 16.3 Å². The zero-order valence-electron chi connectivity index (χ0n) is 16.0. The maximum Gasteiger partial charge on any atom is 0.293 e. The summed E-state index contributed by atoms with van der Waals surface area (Å²) < 4.78 is 23.2. The molecule has 1 heterocycles. The van der Waals surface area contributed by atoms with Gasteiger partial charge in [-0.2, -0.15) is 0 Å². The van der Waals surface area contributed by atoms with Crippen LogP contribution in [0.15, 0.2) is 45.6 Å². The molecule has 0 aliphatic carbocycles. The number of halogens is 1. The molecular formula is C17H24IN5O4S2. The number of nitrogens with one attached hydrogen (secondary N) is 3. The number of sulfone groups is 1. The third-order valence-corrected chi connectivity index (χ3v) is 5.84. The van der Waals surface area contributed by atoms with Gasteiger partial charge in [-0.15, -0.1) is 35.3 Å². The molecule has 0 amide bonds. The monoisotopic (exact) mass is 553 g/mol. The van der Waals surface area contributed by atoms with Crippen LogP contribution < -0.4 is 16.0 Å². The van der Waals surface area contributed by atoms with Gasteiger partial charge in [-0.1, -0.05) is 6.07 Å². The first-order chi connectivity index (χ1) is 13.3. The Hall–Kier alpha value is -1.93. The minimum atomic E-state index is -3.51. The molecule has 0 bridgehead atoms. The lowest BCUT2D eigenvalue weighted by Gasteiger charge is -2.13. The SMILES string of the molecule is CN=C(NCCNc1ccc(S(C)(=O)=O)cc1[N+](=O)[O-])NCCc1cccs1.I. The summed E-state index contributed by atoms with van der Waals surface area (Å²) in [7, 11) is -1.84. The zero-order valence-corrected chi connectivity index (χ0v) is 20.0. The largest absolute Gasteiger partial charge is 0.378 e. The van der Waals surface area contributed by atoms with Crippen molar-refractivity contribution in [1.29, 1.82) is 0 Å². The lowest BCUT2D eigenvalue weighted by Crippen LogP contribution is -2.40. The highest BCUT2D eigenvalue weighted by Crippen LogP contribution is 2.27. The van der Waals surface area contributed by atoms with Crippen LogP contribution in [0, 0.1) is 10.1 Å². The quantitative estimate of drug-likeness (QED) is 0.109. The lowest BCUT2D eigenvalue weighted by molar-refractivity contribution is -0.384. The molecule has 0 aliphatic rings. The first kappa shape index (κ1) is 25.1. The molecule has 0 saturated carbocycles. The first-order valence-corrected chi connectivity index (χ1v) is 11.3. The van der Waals surface area contributed by atoms with Crippen molar-refractivity contribution >= 4 is 62.5 Å². The number of guanidine groups is 1. The van der Waals surface area contributed by atoms with Crippen LogP contribution in [0.4, 0.5) is 11.4 Å². The maximum atomic E-state index is 11.6. The average Bonchev–Trinajstić information content (AvgIpc) is 3.16. The van der Waals surface area contributed by atoms with Gasteiger partial charge in [-0.3, -0.25) is 15.1 Å². The number of nitro groups is 1. The molecule has 160 valence electrons. The van der Waals surface area contributed by atoms with E-state index in [9.17, 15) is 18.5 Å². The van der Waals surface area contributed by atoms with Crippen molar-refractivity contribution in [2.75, 3.05) is 38.3 Å². The van der Waals surface area contributed by atoms with E-state index in [1.165, 1.54) is 17.0 Å². The molecule has 2 rings (SSSR count). The fraction of sp³-hybridized carbons (Fsp3) is 0.353. The average molecular weight is 553 g/mol. The predicted molar refractivity (Wildman–Crippen MR) is 127 cm³/mol. The van der Waals surface area contributed by atoms with E-state index in [1.807, 2.05) is 11.4 Å². The number of nitro benzene ring substituents is 1. The first-order valence-electron chi connectivity index (χ1n) is 8.50. The van der Waals surface area contributed by atoms with Crippen molar-refractivity contribution in [3.05, 3.63) is 50.7 Å². The number of benzene rings is 1. The number of anilines is 1. The number of hydrogen-bond acceptors (Lipinski definition) is 7. The van der Waals surface area contributed by atoms with Gasteiger partial charge in [-0.05, 0) is 30.0 Å². The Kier molecular flexibility index (Phi) is 10.3. The van der Waals surface area contributed by atoms with Gasteiger partial charge in [0.1, 0.15) is 5.69 Å². The molecule has 3 N–H and O–H groups in total. The number of nitrogens with zero attached hydrogens (tertiary/aromatic N) is 2. The molecule has 1 aromatic heterocycles. The molecule has 0 radical (unpaired) electrons. The number of aliphatic imine (C=N–C) groups is 1. The fourth-order valence-corrected chi connectivity index (χ4v) is 3.75. The Morgan fingerprint density at radius 2 is 1.93 bits per heavy atom. The van der Waals surface area contributed by atoms with Gasteiger partial charge in [0.05, 0.1) is 9.82 Å². The summed E-state index contributed by atoms with van der Waals surface area (Å²) >= 11 is 1.70. The lowest BCUT2D eigenvalue weighted by atomic mass is 10.2. The van der Waals surface area contributed by atoms with E-state index in [-0.39, 0.29) is 40.2 Å². The molecular weight excluding hydrogens is 529 g/mol.